The number of carbonyl (C=O) groups excluding carboxylic acids is 2. The quantitative estimate of drug-likeness (QED) is 0.394. The molecule has 0 aromatic heterocycles. The van der Waals surface area contributed by atoms with Gasteiger partial charge in [0, 0.05) is 25.6 Å². The Morgan fingerprint density at radius 2 is 1.39 bits per heavy atom. The van der Waals surface area contributed by atoms with Gasteiger partial charge in [0.1, 0.15) is 17.7 Å². The van der Waals surface area contributed by atoms with Crippen LogP contribution in [0, 0.1) is 17.6 Å². The third-order valence-corrected chi connectivity index (χ3v) is 6.73. The molecule has 2 aromatic rings. The lowest BCUT2D eigenvalue weighted by Gasteiger charge is -2.26. The van der Waals surface area contributed by atoms with Crippen molar-refractivity contribution in [3.8, 4) is 0 Å². The van der Waals surface area contributed by atoms with Gasteiger partial charge in [-0.05, 0) is 73.4 Å². The second kappa shape index (κ2) is 14.0. The minimum atomic E-state index is -0.578. The second-order valence-electron chi connectivity index (χ2n) is 10.1. The molecule has 1 fully saturated rings. The van der Waals surface area contributed by atoms with Gasteiger partial charge in [-0.25, -0.2) is 13.6 Å². The Bertz CT molecular complexity index is 910. The number of carbonyl (C=O) groups is 2. The van der Waals surface area contributed by atoms with E-state index in [-0.39, 0.29) is 35.4 Å². The summed E-state index contributed by atoms with van der Waals surface area (Å²) in [6.45, 7) is 5.99. The van der Waals surface area contributed by atoms with Crippen LogP contribution >= 0.6 is 0 Å². The Kier molecular flexibility index (Phi) is 10.7. The van der Waals surface area contributed by atoms with E-state index < -0.39 is 6.04 Å². The van der Waals surface area contributed by atoms with Crippen molar-refractivity contribution < 1.29 is 18.4 Å². The van der Waals surface area contributed by atoms with Crippen molar-refractivity contribution in [2.45, 2.75) is 70.8 Å². The number of nitrogens with zero attached hydrogens (tertiary/aromatic N) is 1. The van der Waals surface area contributed by atoms with E-state index in [4.69, 9.17) is 0 Å². The number of hydrogen-bond acceptors (Lipinski definition) is 2. The van der Waals surface area contributed by atoms with E-state index in [2.05, 4.69) is 10.6 Å². The van der Waals surface area contributed by atoms with Crippen molar-refractivity contribution in [2.24, 2.45) is 5.92 Å². The normalized spacial score (nSPS) is 15.0. The molecule has 36 heavy (non-hydrogen) atoms. The molecule has 1 saturated heterocycles. The molecule has 3 amide bonds. The summed E-state index contributed by atoms with van der Waals surface area (Å²) in [4.78, 5) is 27.6. The molecule has 0 saturated carbocycles. The number of likely N-dealkylation sites (tertiary alicyclic amines) is 1. The Labute approximate surface area is 213 Å². The van der Waals surface area contributed by atoms with Gasteiger partial charge in [0.15, 0.2) is 0 Å². The van der Waals surface area contributed by atoms with Gasteiger partial charge in [-0.1, -0.05) is 51.0 Å². The molecule has 0 bridgehead atoms. The molecule has 1 heterocycles. The maximum absolute atomic E-state index is 13.5. The zero-order chi connectivity index (χ0) is 25.9. The summed E-state index contributed by atoms with van der Waals surface area (Å²) in [5, 5.41) is 5.95. The summed E-state index contributed by atoms with van der Waals surface area (Å²) in [6.07, 6.45) is 6.22. The Morgan fingerprint density at radius 3 is 1.89 bits per heavy atom. The van der Waals surface area contributed by atoms with Gasteiger partial charge in [0.25, 0.3) is 0 Å². The molecule has 0 unspecified atom stereocenters. The number of hydrogen-bond donors (Lipinski definition) is 2. The van der Waals surface area contributed by atoms with Crippen molar-refractivity contribution >= 4 is 11.9 Å². The Balaban J connectivity index is 1.57. The van der Waals surface area contributed by atoms with Crippen molar-refractivity contribution in [2.75, 3.05) is 19.6 Å². The topological polar surface area (TPSA) is 61.4 Å². The van der Waals surface area contributed by atoms with Crippen LogP contribution in [0.15, 0.2) is 48.5 Å². The lowest BCUT2D eigenvalue weighted by Crippen LogP contribution is -2.52. The minimum Gasteiger partial charge on any atom is -0.354 e. The first-order chi connectivity index (χ1) is 17.3. The van der Waals surface area contributed by atoms with Crippen LogP contribution in [0.5, 0.6) is 0 Å². The number of nitrogens with one attached hydrogen (secondary N) is 2. The number of amides is 3. The first kappa shape index (κ1) is 27.6. The maximum atomic E-state index is 13.5. The first-order valence-electron chi connectivity index (χ1n) is 13.2. The van der Waals surface area contributed by atoms with Crippen LogP contribution in [-0.4, -0.2) is 42.5 Å². The van der Waals surface area contributed by atoms with Gasteiger partial charge >= 0.3 is 6.03 Å². The minimum absolute atomic E-state index is 0.0442. The van der Waals surface area contributed by atoms with Crippen LogP contribution in [0.3, 0.4) is 0 Å². The molecule has 1 aliphatic rings. The highest BCUT2D eigenvalue weighted by atomic mass is 19.1. The van der Waals surface area contributed by atoms with Gasteiger partial charge in [0.05, 0.1) is 0 Å². The third kappa shape index (κ3) is 8.61. The maximum Gasteiger partial charge on any atom is 0.318 e. The molecule has 1 aliphatic heterocycles. The third-order valence-electron chi connectivity index (χ3n) is 6.73. The number of halogens is 2. The Hall–Kier alpha value is -2.96. The van der Waals surface area contributed by atoms with E-state index in [9.17, 15) is 18.4 Å². The highest BCUT2D eigenvalue weighted by molar-refractivity contribution is 5.87. The molecule has 2 aromatic carbocycles. The van der Waals surface area contributed by atoms with E-state index in [0.29, 0.717) is 25.8 Å². The fourth-order valence-corrected chi connectivity index (χ4v) is 4.77. The second-order valence-corrected chi connectivity index (χ2v) is 10.1. The van der Waals surface area contributed by atoms with Crippen LogP contribution in [0.25, 0.3) is 0 Å². The summed E-state index contributed by atoms with van der Waals surface area (Å²) >= 11 is 0. The van der Waals surface area contributed by atoms with Crippen LogP contribution in [0.1, 0.15) is 75.8 Å². The molecule has 0 spiro atoms. The lowest BCUT2D eigenvalue weighted by molar-refractivity contribution is -0.123. The molecule has 3 rings (SSSR count). The van der Waals surface area contributed by atoms with E-state index in [1.807, 2.05) is 18.7 Å². The highest BCUT2D eigenvalue weighted by Gasteiger charge is 2.25. The SMILES string of the molecule is CC(C)C[C@H](NC(=O)N1CCCCCC1)C(=O)NCCCC(c1ccc(F)cc1)c1ccc(F)cc1. The van der Waals surface area contributed by atoms with Gasteiger partial charge in [0.2, 0.25) is 5.91 Å². The fraction of sp³-hybridized carbons (Fsp3) is 0.517. The summed E-state index contributed by atoms with van der Waals surface area (Å²) < 4.78 is 26.9. The van der Waals surface area contributed by atoms with E-state index in [1.165, 1.54) is 24.3 Å². The molecular formula is C29H39F2N3O2. The highest BCUT2D eigenvalue weighted by Crippen LogP contribution is 2.29. The van der Waals surface area contributed by atoms with Crippen LogP contribution < -0.4 is 10.6 Å². The largest absolute Gasteiger partial charge is 0.354 e. The molecular weight excluding hydrogens is 460 g/mol. The van der Waals surface area contributed by atoms with Crippen molar-refractivity contribution in [3.05, 3.63) is 71.3 Å². The summed E-state index contributed by atoms with van der Waals surface area (Å²) in [7, 11) is 0. The van der Waals surface area contributed by atoms with Gasteiger partial charge < -0.3 is 15.5 Å². The zero-order valence-electron chi connectivity index (χ0n) is 21.4. The molecule has 196 valence electrons. The summed E-state index contributed by atoms with van der Waals surface area (Å²) in [6, 6.07) is 12.0. The molecule has 5 nitrogen and oxygen atoms in total. The number of urea groups is 1. The molecule has 7 heteroatoms. The van der Waals surface area contributed by atoms with E-state index >= 15 is 0 Å². The molecule has 0 aliphatic carbocycles. The van der Waals surface area contributed by atoms with Crippen LogP contribution in [-0.2, 0) is 4.79 Å². The van der Waals surface area contributed by atoms with Crippen molar-refractivity contribution in [1.29, 1.82) is 0 Å². The predicted molar refractivity (Wildman–Crippen MR) is 139 cm³/mol. The molecule has 2 N–H and O–H groups in total. The monoisotopic (exact) mass is 499 g/mol. The summed E-state index contributed by atoms with van der Waals surface area (Å²) in [5.74, 6) is -0.569. The average Bonchev–Trinajstić information content (AvgIpc) is 3.15. The fourth-order valence-electron chi connectivity index (χ4n) is 4.77. The van der Waals surface area contributed by atoms with Crippen LogP contribution in [0.2, 0.25) is 0 Å². The number of rotatable bonds is 10. The Morgan fingerprint density at radius 1 is 0.861 bits per heavy atom. The van der Waals surface area contributed by atoms with E-state index in [1.54, 1.807) is 24.3 Å². The first-order valence-corrected chi connectivity index (χ1v) is 13.2. The smallest absolute Gasteiger partial charge is 0.318 e. The van der Waals surface area contributed by atoms with Gasteiger partial charge in [-0.15, -0.1) is 0 Å². The van der Waals surface area contributed by atoms with Crippen LogP contribution in [0.4, 0.5) is 13.6 Å². The standard InChI is InChI=1S/C29H39F2N3O2/c1-21(2)20-27(33-29(36)34-18-5-3-4-6-19-34)28(35)32-17-7-8-26(22-9-13-24(30)14-10-22)23-11-15-25(31)16-12-23/h9-16,21,26-27H,3-8,17-20H2,1-2H3,(H,32,35)(H,33,36)/t27-/m0/s1. The molecule has 1 atom stereocenters. The van der Waals surface area contributed by atoms with E-state index in [0.717, 1.165) is 49.9 Å². The van der Waals surface area contributed by atoms with Gasteiger partial charge in [-0.2, -0.15) is 0 Å². The lowest BCUT2D eigenvalue weighted by atomic mass is 9.87. The van der Waals surface area contributed by atoms with Crippen molar-refractivity contribution in [1.82, 2.24) is 15.5 Å². The summed E-state index contributed by atoms with van der Waals surface area (Å²) in [5.41, 5.74) is 1.88. The predicted octanol–water partition coefficient (Wildman–Crippen LogP) is 5.99. The molecule has 0 radical (unpaired) electrons. The zero-order valence-corrected chi connectivity index (χ0v) is 21.4. The van der Waals surface area contributed by atoms with Gasteiger partial charge in [-0.3, -0.25) is 4.79 Å². The average molecular weight is 500 g/mol. The van der Waals surface area contributed by atoms with Crippen molar-refractivity contribution in [3.63, 3.8) is 0 Å². The number of benzene rings is 2.